The molecule has 0 saturated heterocycles. The third-order valence-electron chi connectivity index (χ3n) is 2.52. The molecule has 5 heteroatoms. The second-order valence-electron chi connectivity index (χ2n) is 3.62. The molecule has 84 valence electrons. The first-order valence-electron chi connectivity index (χ1n) is 5.08. The number of hydrogen-bond donors (Lipinski definition) is 0. The molecule has 3 aromatic rings. The summed E-state index contributed by atoms with van der Waals surface area (Å²) in [6.45, 7) is 0. The molecule has 0 radical (unpaired) electrons. The lowest BCUT2D eigenvalue weighted by atomic mass is 10.2. The highest BCUT2D eigenvalue weighted by Gasteiger charge is 2.17. The van der Waals surface area contributed by atoms with Crippen LogP contribution in [0.15, 0.2) is 48.7 Å². The zero-order valence-corrected chi connectivity index (χ0v) is 8.75. The van der Waals surface area contributed by atoms with Gasteiger partial charge in [0.25, 0.3) is 5.65 Å². The van der Waals surface area contributed by atoms with E-state index >= 15 is 0 Å². The number of pyridine rings is 1. The Bertz CT molecular complexity index is 676. The average molecular weight is 229 g/mol. The van der Waals surface area contributed by atoms with Crippen LogP contribution in [-0.4, -0.2) is 9.50 Å². The van der Waals surface area contributed by atoms with Gasteiger partial charge in [-0.2, -0.15) is 0 Å². The topological polar surface area (TPSA) is 44.2 Å². The molecule has 0 atom stereocenters. The van der Waals surface area contributed by atoms with E-state index in [0.29, 0.717) is 16.1 Å². The van der Waals surface area contributed by atoms with Crippen molar-refractivity contribution in [1.29, 1.82) is 0 Å². The van der Waals surface area contributed by atoms with E-state index < -0.39 is 0 Å². The molecule has 0 amide bonds. The van der Waals surface area contributed by atoms with Crippen molar-refractivity contribution in [3.8, 4) is 11.4 Å². The van der Waals surface area contributed by atoms with Gasteiger partial charge in [0, 0.05) is 6.07 Å². The average Bonchev–Trinajstić information content (AvgIpc) is 2.69. The van der Waals surface area contributed by atoms with Crippen LogP contribution in [-0.2, 0) is 0 Å². The summed E-state index contributed by atoms with van der Waals surface area (Å²) in [7, 11) is 0. The number of aromatic nitrogens is 3. The van der Waals surface area contributed by atoms with E-state index in [1.165, 1.54) is 28.8 Å². The van der Waals surface area contributed by atoms with Gasteiger partial charge < -0.3 is 5.21 Å². The SMILES string of the molecule is [O-][n+]1c(-c2ccc(F)cc2)nc2ccccn21. The fraction of sp³-hybridized carbons (Fsp3) is 0. The summed E-state index contributed by atoms with van der Waals surface area (Å²) in [4.78, 5) is 4.89. The molecule has 0 saturated carbocycles. The second kappa shape index (κ2) is 3.55. The molecular weight excluding hydrogens is 221 g/mol. The van der Waals surface area contributed by atoms with Gasteiger partial charge in [0.05, 0.1) is 11.8 Å². The van der Waals surface area contributed by atoms with E-state index in [0.717, 1.165) is 0 Å². The Hall–Kier alpha value is -2.43. The highest BCUT2D eigenvalue weighted by atomic mass is 19.1. The van der Waals surface area contributed by atoms with E-state index in [1.807, 2.05) is 0 Å². The summed E-state index contributed by atoms with van der Waals surface area (Å²) in [5.74, 6) is -0.0776. The highest BCUT2D eigenvalue weighted by molar-refractivity contribution is 5.54. The van der Waals surface area contributed by atoms with Gasteiger partial charge >= 0.3 is 5.82 Å². The van der Waals surface area contributed by atoms with Crippen molar-refractivity contribution in [1.82, 2.24) is 9.50 Å². The van der Waals surface area contributed by atoms with E-state index in [-0.39, 0.29) is 11.6 Å². The summed E-state index contributed by atoms with van der Waals surface area (Å²) >= 11 is 0. The summed E-state index contributed by atoms with van der Waals surface area (Å²) in [5.41, 5.74) is 1.15. The lowest BCUT2D eigenvalue weighted by Crippen LogP contribution is -2.34. The smallest absolute Gasteiger partial charge is 0.355 e. The van der Waals surface area contributed by atoms with Gasteiger partial charge in [0.2, 0.25) is 0 Å². The van der Waals surface area contributed by atoms with Crippen LogP contribution < -0.4 is 4.85 Å². The fourth-order valence-corrected chi connectivity index (χ4v) is 1.69. The Morgan fingerprint density at radius 1 is 1.12 bits per heavy atom. The van der Waals surface area contributed by atoms with Gasteiger partial charge in [0.15, 0.2) is 0 Å². The van der Waals surface area contributed by atoms with Crippen molar-refractivity contribution in [2.75, 3.05) is 0 Å². The van der Waals surface area contributed by atoms with Crippen LogP contribution in [0.5, 0.6) is 0 Å². The van der Waals surface area contributed by atoms with Gasteiger partial charge in [-0.25, -0.2) is 4.39 Å². The molecule has 0 N–H and O–H groups in total. The van der Waals surface area contributed by atoms with E-state index in [9.17, 15) is 9.60 Å². The van der Waals surface area contributed by atoms with Crippen molar-refractivity contribution in [3.63, 3.8) is 0 Å². The Morgan fingerprint density at radius 2 is 1.88 bits per heavy atom. The second-order valence-corrected chi connectivity index (χ2v) is 3.62. The van der Waals surface area contributed by atoms with Crippen molar-refractivity contribution in [2.45, 2.75) is 0 Å². The highest BCUT2D eigenvalue weighted by Crippen LogP contribution is 2.14. The van der Waals surface area contributed by atoms with Crippen LogP contribution in [0, 0.1) is 11.0 Å². The zero-order valence-electron chi connectivity index (χ0n) is 8.75. The Labute approximate surface area is 96.1 Å². The molecule has 4 nitrogen and oxygen atoms in total. The molecular formula is C12H8FN3O. The number of fused-ring (bicyclic) bond motifs is 1. The number of rotatable bonds is 1. The third kappa shape index (κ3) is 1.52. The molecule has 2 heterocycles. The molecule has 17 heavy (non-hydrogen) atoms. The third-order valence-corrected chi connectivity index (χ3v) is 2.52. The van der Waals surface area contributed by atoms with Crippen LogP contribution in [0.25, 0.3) is 17.0 Å². The van der Waals surface area contributed by atoms with E-state index in [4.69, 9.17) is 0 Å². The minimum absolute atomic E-state index is 0.260. The standard InChI is InChI=1S/C12H8FN3O/c13-10-6-4-9(5-7-10)12-14-11-3-1-2-8-15(11)16(12)17/h1-8H. The molecule has 2 aromatic heterocycles. The summed E-state index contributed by atoms with van der Waals surface area (Å²) in [6.07, 6.45) is 1.63. The predicted octanol–water partition coefficient (Wildman–Crippen LogP) is 1.77. The van der Waals surface area contributed by atoms with E-state index in [2.05, 4.69) is 4.98 Å². The maximum absolute atomic E-state index is 12.8. The molecule has 3 rings (SSSR count). The van der Waals surface area contributed by atoms with Crippen LogP contribution >= 0.6 is 0 Å². The predicted molar refractivity (Wildman–Crippen MR) is 59.5 cm³/mol. The fourth-order valence-electron chi connectivity index (χ4n) is 1.69. The minimum atomic E-state index is -0.338. The lowest BCUT2D eigenvalue weighted by Gasteiger charge is -2.01. The molecule has 0 spiro atoms. The largest absolute Gasteiger partial charge is 0.692 e. The van der Waals surface area contributed by atoms with Gasteiger partial charge in [-0.05, 0) is 35.3 Å². The first-order chi connectivity index (χ1) is 8.25. The first-order valence-corrected chi connectivity index (χ1v) is 5.08. The van der Waals surface area contributed by atoms with Crippen LogP contribution in [0.4, 0.5) is 4.39 Å². The van der Waals surface area contributed by atoms with Crippen molar-refractivity contribution in [3.05, 3.63) is 59.7 Å². The van der Waals surface area contributed by atoms with Gasteiger partial charge in [0.1, 0.15) is 5.82 Å². The summed E-state index contributed by atoms with van der Waals surface area (Å²) in [6, 6.07) is 11.0. The quantitative estimate of drug-likeness (QED) is 0.471. The molecule has 0 aliphatic heterocycles. The maximum Gasteiger partial charge on any atom is 0.355 e. The Kier molecular flexibility index (Phi) is 2.04. The Morgan fingerprint density at radius 3 is 2.59 bits per heavy atom. The van der Waals surface area contributed by atoms with Crippen molar-refractivity contribution < 1.29 is 9.24 Å². The van der Waals surface area contributed by atoms with Crippen LogP contribution in [0.2, 0.25) is 0 Å². The van der Waals surface area contributed by atoms with Crippen LogP contribution in [0.3, 0.4) is 0 Å². The number of benzene rings is 1. The van der Waals surface area contributed by atoms with Gasteiger partial charge in [-0.3, -0.25) is 0 Å². The Balaban J connectivity index is 2.24. The molecule has 0 unspecified atom stereocenters. The molecule has 0 fully saturated rings. The molecule has 0 aliphatic rings. The maximum atomic E-state index is 12.8. The number of nitrogens with zero attached hydrogens (tertiary/aromatic N) is 3. The van der Waals surface area contributed by atoms with Crippen LogP contribution in [0.1, 0.15) is 0 Å². The summed E-state index contributed by atoms with van der Waals surface area (Å²) in [5, 5.41) is 11.9. The number of halogens is 1. The van der Waals surface area contributed by atoms with Crippen molar-refractivity contribution >= 4 is 5.65 Å². The molecule has 1 aromatic carbocycles. The first kappa shape index (κ1) is 9.77. The van der Waals surface area contributed by atoms with Gasteiger partial charge in [-0.1, -0.05) is 6.07 Å². The van der Waals surface area contributed by atoms with Crippen molar-refractivity contribution in [2.24, 2.45) is 0 Å². The molecule has 0 bridgehead atoms. The lowest BCUT2D eigenvalue weighted by molar-refractivity contribution is -0.667. The van der Waals surface area contributed by atoms with Gasteiger partial charge in [-0.15, -0.1) is 9.36 Å². The van der Waals surface area contributed by atoms with E-state index in [1.54, 1.807) is 24.4 Å². The summed E-state index contributed by atoms with van der Waals surface area (Å²) < 4.78 is 14.2. The number of hydrogen-bond acceptors (Lipinski definition) is 2. The normalized spacial score (nSPS) is 10.9. The minimum Gasteiger partial charge on any atom is -0.692 e. The monoisotopic (exact) mass is 229 g/mol. The zero-order chi connectivity index (χ0) is 11.8. The molecule has 0 aliphatic carbocycles.